The van der Waals surface area contributed by atoms with E-state index in [2.05, 4.69) is 5.10 Å². The number of halogens is 1. The van der Waals surface area contributed by atoms with E-state index >= 15 is 0 Å². The number of hydrogen-bond acceptors (Lipinski definition) is 4. The first-order valence-electron chi connectivity index (χ1n) is 7.34. The van der Waals surface area contributed by atoms with Crippen molar-refractivity contribution in [1.29, 1.82) is 0 Å². The Hall–Kier alpha value is -2.08. The number of rotatable bonds is 5. The maximum absolute atomic E-state index is 12.3. The Kier molecular flexibility index (Phi) is 4.94. The molecule has 0 amide bonds. The number of Topliss-reactive ketones (excluding diaryl/α,β-unsaturated/α-hetero) is 1. The van der Waals surface area contributed by atoms with Gasteiger partial charge in [-0.1, -0.05) is 11.6 Å². The lowest BCUT2D eigenvalue weighted by molar-refractivity contribution is 0.0474. The van der Waals surface area contributed by atoms with Gasteiger partial charge in [-0.2, -0.15) is 5.10 Å². The minimum Gasteiger partial charge on any atom is -0.454 e. The van der Waals surface area contributed by atoms with E-state index in [0.717, 1.165) is 17.9 Å². The second-order valence-corrected chi connectivity index (χ2v) is 5.76. The maximum Gasteiger partial charge on any atom is 0.343 e. The zero-order chi connectivity index (χ0) is 17.3. The second kappa shape index (κ2) is 6.58. The molecule has 2 aromatic rings. The quantitative estimate of drug-likeness (QED) is 0.621. The van der Waals surface area contributed by atoms with Crippen molar-refractivity contribution in [3.8, 4) is 0 Å². The van der Waals surface area contributed by atoms with Gasteiger partial charge in [-0.3, -0.25) is 9.48 Å². The van der Waals surface area contributed by atoms with Crippen molar-refractivity contribution < 1.29 is 14.3 Å². The Labute approximate surface area is 140 Å². The summed E-state index contributed by atoms with van der Waals surface area (Å²) in [5.74, 6) is -0.873. The van der Waals surface area contributed by atoms with E-state index in [4.69, 9.17) is 16.3 Å². The van der Waals surface area contributed by atoms with Crippen molar-refractivity contribution >= 4 is 23.4 Å². The SMILES string of the molecule is CCn1c(C)cc(C(=O)COC(=O)c2c(C)nn(C)c2Cl)c1C. The molecule has 0 spiro atoms. The highest BCUT2D eigenvalue weighted by Crippen LogP contribution is 2.20. The van der Waals surface area contributed by atoms with Gasteiger partial charge in [0.1, 0.15) is 10.7 Å². The Morgan fingerprint density at radius 2 is 1.96 bits per heavy atom. The van der Waals surface area contributed by atoms with Gasteiger partial charge in [-0.15, -0.1) is 0 Å². The van der Waals surface area contributed by atoms with Crippen molar-refractivity contribution in [2.75, 3.05) is 6.61 Å². The molecule has 0 aliphatic rings. The van der Waals surface area contributed by atoms with Gasteiger partial charge >= 0.3 is 5.97 Å². The first-order valence-corrected chi connectivity index (χ1v) is 7.71. The fourth-order valence-corrected chi connectivity index (χ4v) is 2.96. The second-order valence-electron chi connectivity index (χ2n) is 5.40. The lowest BCUT2D eigenvalue weighted by Crippen LogP contribution is -2.15. The van der Waals surface area contributed by atoms with Crippen molar-refractivity contribution in [2.45, 2.75) is 34.2 Å². The van der Waals surface area contributed by atoms with Gasteiger partial charge in [0.2, 0.25) is 5.78 Å². The fourth-order valence-electron chi connectivity index (χ4n) is 2.71. The molecule has 0 aliphatic carbocycles. The van der Waals surface area contributed by atoms with Crippen LogP contribution in [0.1, 0.15) is 44.7 Å². The van der Waals surface area contributed by atoms with Crippen LogP contribution in [-0.4, -0.2) is 32.7 Å². The number of hydrogen-bond donors (Lipinski definition) is 0. The molecule has 23 heavy (non-hydrogen) atoms. The van der Waals surface area contributed by atoms with E-state index < -0.39 is 5.97 Å². The van der Waals surface area contributed by atoms with Gasteiger partial charge in [-0.05, 0) is 33.8 Å². The third-order valence-corrected chi connectivity index (χ3v) is 4.31. The molecule has 0 bridgehead atoms. The van der Waals surface area contributed by atoms with Crippen LogP contribution in [0.5, 0.6) is 0 Å². The first-order chi connectivity index (χ1) is 10.8. The van der Waals surface area contributed by atoms with E-state index in [9.17, 15) is 9.59 Å². The maximum atomic E-state index is 12.3. The summed E-state index contributed by atoms with van der Waals surface area (Å²) in [6.07, 6.45) is 0. The smallest absolute Gasteiger partial charge is 0.343 e. The van der Waals surface area contributed by atoms with Gasteiger partial charge in [0.05, 0.1) is 5.69 Å². The standard InChI is InChI=1S/C16H20ClN3O3/c1-6-20-9(2)7-12(11(20)4)13(21)8-23-16(22)14-10(3)18-19(5)15(14)17/h7H,6,8H2,1-5H3. The van der Waals surface area contributed by atoms with Gasteiger partial charge in [0, 0.05) is 30.5 Å². The number of ether oxygens (including phenoxy) is 1. The van der Waals surface area contributed by atoms with E-state index in [1.165, 1.54) is 4.68 Å². The predicted octanol–water partition coefficient (Wildman–Crippen LogP) is 2.86. The Morgan fingerprint density at radius 1 is 1.30 bits per heavy atom. The van der Waals surface area contributed by atoms with Crippen LogP contribution in [0.25, 0.3) is 0 Å². The number of esters is 1. The number of carbonyl (C=O) groups is 2. The van der Waals surface area contributed by atoms with Crippen LogP contribution in [0.4, 0.5) is 0 Å². The largest absolute Gasteiger partial charge is 0.454 e. The average Bonchev–Trinajstić information content (AvgIpc) is 2.92. The monoisotopic (exact) mass is 337 g/mol. The number of aryl methyl sites for hydroxylation is 3. The number of nitrogens with zero attached hydrogens (tertiary/aromatic N) is 3. The van der Waals surface area contributed by atoms with Crippen LogP contribution in [0.15, 0.2) is 6.07 Å². The molecule has 2 rings (SSSR count). The van der Waals surface area contributed by atoms with Gasteiger partial charge < -0.3 is 9.30 Å². The fraction of sp³-hybridized carbons (Fsp3) is 0.438. The highest BCUT2D eigenvalue weighted by molar-refractivity contribution is 6.32. The highest BCUT2D eigenvalue weighted by atomic mass is 35.5. The number of ketones is 1. The molecule has 0 atom stereocenters. The summed E-state index contributed by atoms with van der Waals surface area (Å²) in [5.41, 5.74) is 3.12. The molecule has 0 N–H and O–H groups in total. The molecule has 0 aromatic carbocycles. The molecule has 2 heterocycles. The van der Waals surface area contributed by atoms with Crippen LogP contribution in [-0.2, 0) is 18.3 Å². The predicted molar refractivity (Wildman–Crippen MR) is 87.1 cm³/mol. The van der Waals surface area contributed by atoms with Crippen molar-refractivity contribution in [3.05, 3.63) is 39.4 Å². The van der Waals surface area contributed by atoms with E-state index in [-0.39, 0.29) is 23.1 Å². The van der Waals surface area contributed by atoms with Crippen LogP contribution in [0, 0.1) is 20.8 Å². The summed E-state index contributed by atoms with van der Waals surface area (Å²) >= 11 is 6.02. The van der Waals surface area contributed by atoms with Crippen LogP contribution >= 0.6 is 11.6 Å². The molecule has 7 heteroatoms. The van der Waals surface area contributed by atoms with Gasteiger partial charge in [-0.25, -0.2) is 4.79 Å². The molecule has 6 nitrogen and oxygen atoms in total. The first kappa shape index (κ1) is 17.3. The molecule has 0 saturated heterocycles. The van der Waals surface area contributed by atoms with Gasteiger partial charge in [0.25, 0.3) is 0 Å². The molecular weight excluding hydrogens is 318 g/mol. The average molecular weight is 338 g/mol. The molecular formula is C16H20ClN3O3. The Balaban J connectivity index is 2.12. The summed E-state index contributed by atoms with van der Waals surface area (Å²) < 4.78 is 8.55. The molecule has 0 unspecified atom stereocenters. The molecule has 0 saturated carbocycles. The zero-order valence-electron chi connectivity index (χ0n) is 13.9. The summed E-state index contributed by atoms with van der Waals surface area (Å²) in [6, 6.07) is 1.82. The van der Waals surface area contributed by atoms with Gasteiger partial charge in [0.15, 0.2) is 6.61 Å². The summed E-state index contributed by atoms with van der Waals surface area (Å²) in [4.78, 5) is 24.4. The minimum absolute atomic E-state index is 0.195. The molecule has 124 valence electrons. The normalized spacial score (nSPS) is 10.9. The third-order valence-electron chi connectivity index (χ3n) is 3.88. The molecule has 2 aromatic heterocycles. The van der Waals surface area contributed by atoms with E-state index in [1.807, 2.05) is 31.4 Å². The molecule has 0 fully saturated rings. The Bertz CT molecular complexity index is 774. The van der Waals surface area contributed by atoms with Crippen molar-refractivity contribution in [3.63, 3.8) is 0 Å². The zero-order valence-corrected chi connectivity index (χ0v) is 14.7. The third kappa shape index (κ3) is 3.17. The lowest BCUT2D eigenvalue weighted by atomic mass is 10.1. The number of carbonyl (C=O) groups excluding carboxylic acids is 2. The summed E-state index contributed by atoms with van der Waals surface area (Å²) in [5, 5.41) is 4.25. The summed E-state index contributed by atoms with van der Waals surface area (Å²) in [7, 11) is 1.64. The Morgan fingerprint density at radius 3 is 2.43 bits per heavy atom. The highest BCUT2D eigenvalue weighted by Gasteiger charge is 2.22. The van der Waals surface area contributed by atoms with Crippen molar-refractivity contribution in [1.82, 2.24) is 14.3 Å². The van der Waals surface area contributed by atoms with E-state index in [0.29, 0.717) is 11.3 Å². The minimum atomic E-state index is -0.641. The lowest BCUT2D eigenvalue weighted by Gasteiger charge is -2.06. The topological polar surface area (TPSA) is 66.1 Å². The molecule has 0 radical (unpaired) electrons. The van der Waals surface area contributed by atoms with Crippen LogP contribution in [0.3, 0.4) is 0 Å². The van der Waals surface area contributed by atoms with Crippen molar-refractivity contribution in [2.24, 2.45) is 7.05 Å². The van der Waals surface area contributed by atoms with Crippen LogP contribution in [0.2, 0.25) is 5.15 Å². The van der Waals surface area contributed by atoms with E-state index in [1.54, 1.807) is 14.0 Å². The number of aromatic nitrogens is 3. The molecule has 0 aliphatic heterocycles. The summed E-state index contributed by atoms with van der Waals surface area (Å²) in [6.45, 7) is 7.97. The van der Waals surface area contributed by atoms with Crippen LogP contribution < -0.4 is 0 Å².